The van der Waals surface area contributed by atoms with E-state index in [1.54, 1.807) is 6.21 Å². The van der Waals surface area contributed by atoms with Crippen LogP contribution in [0.3, 0.4) is 0 Å². The largest absolute Gasteiger partial charge is 0.491 e. The number of rotatable bonds is 8. The average Bonchev–Trinajstić information content (AvgIpc) is 3.17. The van der Waals surface area contributed by atoms with Crippen LogP contribution in [0.5, 0.6) is 5.75 Å². The number of para-hydroxylation sites is 2. The molecule has 0 spiro atoms. The highest BCUT2D eigenvalue weighted by Gasteiger charge is 2.07. The zero-order chi connectivity index (χ0) is 22.2. The van der Waals surface area contributed by atoms with Crippen molar-refractivity contribution < 1.29 is 4.74 Å². The summed E-state index contributed by atoms with van der Waals surface area (Å²) in [4.78, 5) is 0. The van der Waals surface area contributed by atoms with E-state index in [9.17, 15) is 0 Å². The third-order valence-corrected chi connectivity index (χ3v) is 5.40. The number of aryl methyl sites for hydroxylation is 1. The zero-order valence-electron chi connectivity index (χ0n) is 18.0. The van der Waals surface area contributed by atoms with Crippen molar-refractivity contribution in [2.75, 3.05) is 6.61 Å². The minimum atomic E-state index is 0.487. The van der Waals surface area contributed by atoms with Crippen LogP contribution in [0.1, 0.15) is 16.7 Å². The summed E-state index contributed by atoms with van der Waals surface area (Å²) in [6.45, 7) is 4.04. The Morgan fingerprint density at radius 1 is 1.00 bits per heavy atom. The van der Waals surface area contributed by atoms with Gasteiger partial charge in [0.15, 0.2) is 5.11 Å². The summed E-state index contributed by atoms with van der Waals surface area (Å²) in [5.74, 6) is 0.923. The van der Waals surface area contributed by atoms with Crippen LogP contribution in [0, 0.1) is 6.92 Å². The van der Waals surface area contributed by atoms with Gasteiger partial charge in [-0.05, 0) is 42.4 Å². The van der Waals surface area contributed by atoms with Crippen molar-refractivity contribution in [3.8, 4) is 5.75 Å². The van der Waals surface area contributed by atoms with Crippen molar-refractivity contribution in [2.24, 2.45) is 5.10 Å². The molecule has 0 radical (unpaired) electrons. The maximum Gasteiger partial charge on any atom is 0.187 e. The molecule has 1 heterocycles. The molecule has 3 aromatic carbocycles. The second kappa shape index (κ2) is 10.6. The molecule has 0 fully saturated rings. The van der Waals surface area contributed by atoms with Crippen molar-refractivity contribution >= 4 is 34.4 Å². The van der Waals surface area contributed by atoms with Gasteiger partial charge in [-0.1, -0.05) is 66.7 Å². The maximum atomic E-state index is 5.98. The number of fused-ring (bicyclic) bond motifs is 1. The Hall–Kier alpha value is -3.64. The number of aromatic nitrogens is 1. The Morgan fingerprint density at radius 2 is 1.75 bits per heavy atom. The van der Waals surface area contributed by atoms with Crippen molar-refractivity contribution in [1.29, 1.82) is 0 Å². The van der Waals surface area contributed by atoms with Crippen molar-refractivity contribution in [1.82, 2.24) is 15.3 Å². The van der Waals surface area contributed by atoms with Gasteiger partial charge in [0.1, 0.15) is 12.4 Å². The smallest absolute Gasteiger partial charge is 0.187 e. The second-order valence-corrected chi connectivity index (χ2v) is 7.86. The molecule has 2 N–H and O–H groups in total. The first-order valence-electron chi connectivity index (χ1n) is 10.6. The summed E-state index contributed by atoms with van der Waals surface area (Å²) in [5, 5.41) is 9.12. The first-order chi connectivity index (χ1) is 15.7. The number of thiocarbonyl (C=S) groups is 1. The summed E-state index contributed by atoms with van der Waals surface area (Å²) in [5.41, 5.74) is 7.37. The van der Waals surface area contributed by atoms with E-state index in [-0.39, 0.29) is 0 Å². The van der Waals surface area contributed by atoms with Crippen LogP contribution in [-0.2, 0) is 13.1 Å². The number of ether oxygens (including phenoxy) is 1. The molecule has 0 atom stereocenters. The topological polar surface area (TPSA) is 50.6 Å². The van der Waals surface area contributed by atoms with Crippen LogP contribution in [-0.4, -0.2) is 22.5 Å². The van der Waals surface area contributed by atoms with Gasteiger partial charge in [0.2, 0.25) is 0 Å². The molecule has 0 aliphatic heterocycles. The zero-order valence-corrected chi connectivity index (χ0v) is 18.8. The summed E-state index contributed by atoms with van der Waals surface area (Å²) in [6.07, 6.45) is 3.90. The molecule has 162 valence electrons. The van der Waals surface area contributed by atoms with E-state index in [0.717, 1.165) is 39.9 Å². The lowest BCUT2D eigenvalue weighted by molar-refractivity contribution is 0.298. The minimum Gasteiger partial charge on any atom is -0.491 e. The third kappa shape index (κ3) is 5.53. The van der Waals surface area contributed by atoms with Crippen LogP contribution in [0.2, 0.25) is 0 Å². The van der Waals surface area contributed by atoms with Gasteiger partial charge in [0, 0.05) is 29.2 Å². The molecule has 0 amide bonds. The Labute approximate surface area is 193 Å². The lowest BCUT2D eigenvalue weighted by atomic mass is 10.2. The Kier molecular flexibility index (Phi) is 7.15. The van der Waals surface area contributed by atoms with Gasteiger partial charge < -0.3 is 14.6 Å². The maximum absolute atomic E-state index is 5.98. The Bertz CT molecular complexity index is 1220. The third-order valence-electron chi connectivity index (χ3n) is 5.17. The molecule has 0 aliphatic rings. The first kappa shape index (κ1) is 21.6. The normalized spacial score (nSPS) is 11.0. The van der Waals surface area contributed by atoms with E-state index >= 15 is 0 Å². The average molecular weight is 443 g/mol. The van der Waals surface area contributed by atoms with Gasteiger partial charge in [0.05, 0.1) is 12.8 Å². The number of hydrazone groups is 1. The highest BCUT2D eigenvalue weighted by atomic mass is 32.1. The fraction of sp³-hybridized carbons (Fsp3) is 0.154. The van der Waals surface area contributed by atoms with E-state index in [4.69, 9.17) is 17.0 Å². The van der Waals surface area contributed by atoms with Gasteiger partial charge in [0.25, 0.3) is 0 Å². The van der Waals surface area contributed by atoms with Crippen molar-refractivity contribution in [3.05, 3.63) is 102 Å². The first-order valence-corrected chi connectivity index (χ1v) is 11.0. The van der Waals surface area contributed by atoms with Crippen LogP contribution in [0.25, 0.3) is 10.9 Å². The molecule has 0 unspecified atom stereocenters. The van der Waals surface area contributed by atoms with Crippen LogP contribution < -0.4 is 15.5 Å². The second-order valence-electron chi connectivity index (χ2n) is 7.45. The molecule has 0 saturated heterocycles. The van der Waals surface area contributed by atoms with E-state index < -0.39 is 0 Å². The van der Waals surface area contributed by atoms with E-state index in [2.05, 4.69) is 63.9 Å². The van der Waals surface area contributed by atoms with Gasteiger partial charge >= 0.3 is 0 Å². The highest BCUT2D eigenvalue weighted by molar-refractivity contribution is 7.80. The summed E-state index contributed by atoms with van der Waals surface area (Å²) in [6, 6.07) is 26.5. The molecular formula is C26H26N4OS. The van der Waals surface area contributed by atoms with Gasteiger partial charge in [-0.2, -0.15) is 5.10 Å². The summed E-state index contributed by atoms with van der Waals surface area (Å²) >= 11 is 5.33. The molecule has 0 bridgehead atoms. The number of benzene rings is 3. The Balaban J connectivity index is 1.37. The molecule has 4 rings (SSSR count). The van der Waals surface area contributed by atoms with Crippen molar-refractivity contribution in [2.45, 2.75) is 20.0 Å². The summed E-state index contributed by atoms with van der Waals surface area (Å²) in [7, 11) is 0. The van der Waals surface area contributed by atoms with Crippen LogP contribution >= 0.6 is 12.2 Å². The molecule has 1 aromatic heterocycles. The molecule has 0 aliphatic carbocycles. The fourth-order valence-corrected chi connectivity index (χ4v) is 3.64. The van der Waals surface area contributed by atoms with Crippen molar-refractivity contribution in [3.63, 3.8) is 0 Å². The Morgan fingerprint density at radius 3 is 2.59 bits per heavy atom. The van der Waals surface area contributed by atoms with E-state index in [1.807, 2.05) is 48.5 Å². The molecular weight excluding hydrogens is 416 g/mol. The lowest BCUT2D eigenvalue weighted by Crippen LogP contribution is -2.31. The predicted molar refractivity (Wildman–Crippen MR) is 135 cm³/mol. The van der Waals surface area contributed by atoms with Gasteiger partial charge in [-0.3, -0.25) is 5.43 Å². The quantitative estimate of drug-likeness (QED) is 0.228. The molecule has 4 aromatic rings. The van der Waals surface area contributed by atoms with E-state index in [1.165, 1.54) is 0 Å². The predicted octanol–water partition coefficient (Wildman–Crippen LogP) is 5.03. The van der Waals surface area contributed by atoms with Crippen LogP contribution in [0.15, 0.2) is 90.2 Å². The highest BCUT2D eigenvalue weighted by Crippen LogP contribution is 2.21. The van der Waals surface area contributed by atoms with Gasteiger partial charge in [-0.15, -0.1) is 0 Å². The number of hydrogen-bond donors (Lipinski definition) is 2. The monoisotopic (exact) mass is 442 g/mol. The van der Waals surface area contributed by atoms with E-state index in [0.29, 0.717) is 18.3 Å². The lowest BCUT2D eigenvalue weighted by Gasteiger charge is -2.10. The van der Waals surface area contributed by atoms with Gasteiger partial charge in [-0.25, -0.2) is 0 Å². The molecule has 0 saturated carbocycles. The number of nitrogens with one attached hydrogen (secondary N) is 2. The fourth-order valence-electron chi connectivity index (χ4n) is 3.51. The summed E-state index contributed by atoms with van der Waals surface area (Å²) < 4.78 is 8.18. The standard InChI is InChI=1S/C26H26N4OS/c1-20-9-5-8-14-25(20)31-16-15-30-19-22(23-12-6-7-13-24(23)30)18-28-29-26(32)27-17-21-10-3-2-4-11-21/h2-14,18-19H,15-17H2,1H3,(H2,27,29,32)/b28-18-. The molecule has 32 heavy (non-hydrogen) atoms. The number of nitrogens with zero attached hydrogens (tertiary/aromatic N) is 2. The number of hydrogen-bond acceptors (Lipinski definition) is 3. The SMILES string of the molecule is Cc1ccccc1OCCn1cc(/C=N\NC(=S)NCc2ccccc2)c2ccccc21. The molecule has 5 nitrogen and oxygen atoms in total. The molecule has 6 heteroatoms. The minimum absolute atomic E-state index is 0.487. The van der Waals surface area contributed by atoms with Crippen LogP contribution in [0.4, 0.5) is 0 Å².